The van der Waals surface area contributed by atoms with E-state index < -0.39 is 0 Å². The molecule has 2 aromatic carbocycles. The van der Waals surface area contributed by atoms with Gasteiger partial charge in [-0.05, 0) is 55.7 Å². The van der Waals surface area contributed by atoms with Crippen molar-refractivity contribution >= 4 is 11.7 Å². The summed E-state index contributed by atoms with van der Waals surface area (Å²) in [6, 6.07) is 10.3. The van der Waals surface area contributed by atoms with Gasteiger partial charge >= 0.3 is 6.03 Å². The lowest BCUT2D eigenvalue weighted by Gasteiger charge is -2.10. The van der Waals surface area contributed by atoms with E-state index in [0.717, 1.165) is 22.4 Å². The first-order valence-electron chi connectivity index (χ1n) is 7.08. The molecule has 0 spiro atoms. The first-order valence-corrected chi connectivity index (χ1v) is 7.08. The molecule has 5 nitrogen and oxygen atoms in total. The predicted molar refractivity (Wildman–Crippen MR) is 86.4 cm³/mol. The summed E-state index contributed by atoms with van der Waals surface area (Å²) in [5.74, 6) is -0.281. The van der Waals surface area contributed by atoms with E-state index in [1.165, 1.54) is 12.1 Å². The molecule has 0 aliphatic rings. The van der Waals surface area contributed by atoms with E-state index in [9.17, 15) is 15.0 Å². The summed E-state index contributed by atoms with van der Waals surface area (Å²) in [4.78, 5) is 11.8. The van der Waals surface area contributed by atoms with Crippen LogP contribution in [0.2, 0.25) is 0 Å². The Morgan fingerprint density at radius 1 is 1.05 bits per heavy atom. The van der Waals surface area contributed by atoms with Crippen molar-refractivity contribution < 1.29 is 15.0 Å². The van der Waals surface area contributed by atoms with Gasteiger partial charge in [-0.15, -0.1) is 0 Å². The van der Waals surface area contributed by atoms with Gasteiger partial charge in [-0.25, -0.2) is 4.79 Å². The molecule has 0 fully saturated rings. The molecular formula is C17H20N2O3. The lowest BCUT2D eigenvalue weighted by Crippen LogP contribution is -2.30. The van der Waals surface area contributed by atoms with Crippen LogP contribution in [0.25, 0.3) is 0 Å². The van der Waals surface area contributed by atoms with E-state index in [1.807, 2.05) is 38.1 Å². The Kier molecular flexibility index (Phi) is 4.88. The topological polar surface area (TPSA) is 81.6 Å². The zero-order valence-electron chi connectivity index (χ0n) is 12.7. The third-order valence-electron chi connectivity index (χ3n) is 3.42. The number of rotatable bonds is 4. The zero-order valence-corrected chi connectivity index (χ0v) is 12.7. The van der Waals surface area contributed by atoms with Crippen LogP contribution < -0.4 is 10.6 Å². The number of aromatic hydroxyl groups is 2. The summed E-state index contributed by atoms with van der Waals surface area (Å²) in [5, 5.41) is 24.4. The van der Waals surface area contributed by atoms with Crippen LogP contribution in [0.15, 0.2) is 36.4 Å². The molecule has 0 unspecified atom stereocenters. The lowest BCUT2D eigenvalue weighted by atomic mass is 10.0. The second-order valence-corrected chi connectivity index (χ2v) is 5.26. The molecule has 116 valence electrons. The fourth-order valence-corrected chi connectivity index (χ4v) is 2.12. The molecule has 2 amide bonds. The minimum Gasteiger partial charge on any atom is -0.504 e. The van der Waals surface area contributed by atoms with E-state index in [1.54, 1.807) is 0 Å². The molecule has 5 heteroatoms. The fraction of sp³-hybridized carbons (Fsp3) is 0.235. The fourth-order valence-electron chi connectivity index (χ4n) is 2.12. The van der Waals surface area contributed by atoms with Crippen LogP contribution >= 0.6 is 0 Å². The van der Waals surface area contributed by atoms with Crippen molar-refractivity contribution in [1.29, 1.82) is 0 Å². The highest BCUT2D eigenvalue weighted by Crippen LogP contribution is 2.27. The molecule has 0 aromatic heterocycles. The third-order valence-corrected chi connectivity index (χ3v) is 3.42. The number of phenolic OH excluding ortho intramolecular Hbond substituents is 2. The number of aryl methyl sites for hydroxylation is 2. The number of carbonyl (C=O) groups excluding carboxylic acids is 1. The molecule has 0 bridgehead atoms. The number of carbonyl (C=O) groups is 1. The monoisotopic (exact) mass is 300 g/mol. The standard InChI is InChI=1S/C17H20N2O3/c1-11-3-5-14(6-4-11)19-17(22)18-8-7-13-10-16(21)15(20)9-12(13)2/h3-6,9-10,20-21H,7-8H2,1-2H3,(H2,18,19,22). The van der Waals surface area contributed by atoms with E-state index in [-0.39, 0.29) is 17.5 Å². The largest absolute Gasteiger partial charge is 0.504 e. The smallest absolute Gasteiger partial charge is 0.319 e. The van der Waals surface area contributed by atoms with Gasteiger partial charge in [0.15, 0.2) is 11.5 Å². The molecule has 0 aliphatic carbocycles. The summed E-state index contributed by atoms with van der Waals surface area (Å²) in [5.41, 5.74) is 3.62. The average Bonchev–Trinajstić information content (AvgIpc) is 2.47. The normalized spacial score (nSPS) is 10.3. The SMILES string of the molecule is Cc1ccc(NC(=O)NCCc2cc(O)c(O)cc2C)cc1. The van der Waals surface area contributed by atoms with Gasteiger partial charge in [-0.3, -0.25) is 0 Å². The van der Waals surface area contributed by atoms with Crippen molar-refractivity contribution in [3.05, 3.63) is 53.1 Å². The Morgan fingerprint density at radius 2 is 1.68 bits per heavy atom. The maximum atomic E-state index is 11.8. The number of benzene rings is 2. The Hall–Kier alpha value is -2.69. The molecule has 0 heterocycles. The maximum absolute atomic E-state index is 11.8. The molecule has 2 rings (SSSR count). The first-order chi connectivity index (χ1) is 10.5. The summed E-state index contributed by atoms with van der Waals surface area (Å²) in [6.45, 7) is 4.27. The van der Waals surface area contributed by atoms with Crippen LogP contribution in [0.5, 0.6) is 11.5 Å². The maximum Gasteiger partial charge on any atom is 0.319 e. The Labute approximate surface area is 129 Å². The molecule has 0 aliphatic heterocycles. The predicted octanol–water partition coefficient (Wildman–Crippen LogP) is 3.08. The number of urea groups is 1. The second kappa shape index (κ2) is 6.85. The number of phenols is 2. The zero-order chi connectivity index (χ0) is 16.1. The van der Waals surface area contributed by atoms with Crippen molar-refractivity contribution in [2.24, 2.45) is 0 Å². The van der Waals surface area contributed by atoms with E-state index >= 15 is 0 Å². The summed E-state index contributed by atoms with van der Waals surface area (Å²) >= 11 is 0. The highest BCUT2D eigenvalue weighted by Gasteiger charge is 2.06. The number of hydrogen-bond acceptors (Lipinski definition) is 3. The number of amides is 2. The molecule has 0 saturated heterocycles. The van der Waals surface area contributed by atoms with Gasteiger partial charge in [0.2, 0.25) is 0 Å². The van der Waals surface area contributed by atoms with Crippen LogP contribution in [-0.2, 0) is 6.42 Å². The van der Waals surface area contributed by atoms with Crippen molar-refractivity contribution in [3.8, 4) is 11.5 Å². The van der Waals surface area contributed by atoms with Gasteiger partial charge in [-0.1, -0.05) is 17.7 Å². The van der Waals surface area contributed by atoms with Crippen LogP contribution in [0.1, 0.15) is 16.7 Å². The minimum atomic E-state index is -0.274. The number of nitrogens with one attached hydrogen (secondary N) is 2. The van der Waals surface area contributed by atoms with Crippen LogP contribution in [0.4, 0.5) is 10.5 Å². The highest BCUT2D eigenvalue weighted by molar-refractivity contribution is 5.89. The quantitative estimate of drug-likeness (QED) is 0.655. The molecule has 0 atom stereocenters. The summed E-state index contributed by atoms with van der Waals surface area (Å²) in [7, 11) is 0. The van der Waals surface area contributed by atoms with Gasteiger partial charge in [0.05, 0.1) is 0 Å². The van der Waals surface area contributed by atoms with E-state index in [2.05, 4.69) is 10.6 Å². The Balaban J connectivity index is 1.84. The summed E-state index contributed by atoms with van der Waals surface area (Å²) < 4.78 is 0. The highest BCUT2D eigenvalue weighted by atomic mass is 16.3. The average molecular weight is 300 g/mol. The van der Waals surface area contributed by atoms with Crippen molar-refractivity contribution in [2.75, 3.05) is 11.9 Å². The van der Waals surface area contributed by atoms with Gasteiger partial charge in [-0.2, -0.15) is 0 Å². The van der Waals surface area contributed by atoms with E-state index in [4.69, 9.17) is 0 Å². The molecule has 2 aromatic rings. The molecule has 22 heavy (non-hydrogen) atoms. The summed E-state index contributed by atoms with van der Waals surface area (Å²) in [6.07, 6.45) is 0.570. The van der Waals surface area contributed by atoms with E-state index in [0.29, 0.717) is 13.0 Å². The third kappa shape index (κ3) is 4.15. The van der Waals surface area contributed by atoms with Crippen molar-refractivity contribution in [2.45, 2.75) is 20.3 Å². The van der Waals surface area contributed by atoms with Gasteiger partial charge in [0, 0.05) is 12.2 Å². The number of hydrogen-bond donors (Lipinski definition) is 4. The van der Waals surface area contributed by atoms with Crippen LogP contribution in [0.3, 0.4) is 0 Å². The van der Waals surface area contributed by atoms with Gasteiger partial charge in [0.1, 0.15) is 0 Å². The Morgan fingerprint density at radius 3 is 2.36 bits per heavy atom. The number of anilines is 1. The second-order valence-electron chi connectivity index (χ2n) is 5.26. The lowest BCUT2D eigenvalue weighted by molar-refractivity contribution is 0.252. The van der Waals surface area contributed by atoms with Crippen molar-refractivity contribution in [3.63, 3.8) is 0 Å². The van der Waals surface area contributed by atoms with Crippen molar-refractivity contribution in [1.82, 2.24) is 5.32 Å². The van der Waals surface area contributed by atoms with Gasteiger partial charge in [0.25, 0.3) is 0 Å². The van der Waals surface area contributed by atoms with Crippen LogP contribution in [0, 0.1) is 13.8 Å². The minimum absolute atomic E-state index is 0.133. The first kappa shape index (κ1) is 15.7. The molecule has 0 saturated carbocycles. The van der Waals surface area contributed by atoms with Gasteiger partial charge < -0.3 is 20.8 Å². The Bertz CT molecular complexity index is 666. The molecule has 4 N–H and O–H groups in total. The van der Waals surface area contributed by atoms with Crippen LogP contribution in [-0.4, -0.2) is 22.8 Å². The molecular weight excluding hydrogens is 280 g/mol. The molecule has 0 radical (unpaired) electrons.